The Hall–Kier alpha value is -2.69. The van der Waals surface area contributed by atoms with Gasteiger partial charge in [0.2, 0.25) is 0 Å². The van der Waals surface area contributed by atoms with Gasteiger partial charge in [-0.1, -0.05) is 42.5 Å². The number of benzene rings is 2. The summed E-state index contributed by atoms with van der Waals surface area (Å²) in [5.74, 6) is -1.39. The summed E-state index contributed by atoms with van der Waals surface area (Å²) in [5.41, 5.74) is 0.906. The summed E-state index contributed by atoms with van der Waals surface area (Å²) >= 11 is 0. The molecule has 0 unspecified atom stereocenters. The van der Waals surface area contributed by atoms with Crippen LogP contribution >= 0.6 is 0 Å². The molecular weight excluding hydrogens is 309 g/mol. The lowest BCUT2D eigenvalue weighted by molar-refractivity contribution is -0.143. The molecule has 0 fully saturated rings. The number of nitrogens with zero attached hydrogens (tertiary/aromatic N) is 1. The first-order chi connectivity index (χ1) is 11.6. The molecule has 0 aromatic heterocycles. The molecule has 2 rings (SSSR count). The molecule has 1 amide bonds. The van der Waals surface area contributed by atoms with Crippen molar-refractivity contribution in [3.63, 3.8) is 0 Å². The van der Waals surface area contributed by atoms with E-state index in [-0.39, 0.29) is 24.5 Å². The summed E-state index contributed by atoms with van der Waals surface area (Å²) in [5, 5.41) is 0. The van der Waals surface area contributed by atoms with Crippen LogP contribution in [0.15, 0.2) is 54.6 Å². The molecule has 0 atom stereocenters. The number of rotatable bonds is 7. The predicted octanol–water partition coefficient (Wildman–Crippen LogP) is 3.42. The molecule has 0 saturated heterocycles. The number of amides is 1. The molecule has 126 valence electrons. The zero-order valence-corrected chi connectivity index (χ0v) is 13.6. The fourth-order valence-corrected chi connectivity index (χ4v) is 2.32. The van der Waals surface area contributed by atoms with Crippen LogP contribution in [-0.4, -0.2) is 29.9 Å². The van der Waals surface area contributed by atoms with Gasteiger partial charge in [0.1, 0.15) is 5.82 Å². The lowest BCUT2D eigenvalue weighted by atomic mass is 10.1. The third kappa shape index (κ3) is 4.91. The van der Waals surface area contributed by atoms with Gasteiger partial charge in [-0.15, -0.1) is 0 Å². The molecular formula is C19H20FNO3. The van der Waals surface area contributed by atoms with E-state index < -0.39 is 11.7 Å². The summed E-state index contributed by atoms with van der Waals surface area (Å²) in [7, 11) is 0. The van der Waals surface area contributed by atoms with E-state index in [4.69, 9.17) is 4.74 Å². The van der Waals surface area contributed by atoms with Crippen molar-refractivity contribution in [2.75, 3.05) is 13.2 Å². The highest BCUT2D eigenvalue weighted by molar-refractivity contribution is 5.94. The normalized spacial score (nSPS) is 10.2. The second-order valence-electron chi connectivity index (χ2n) is 5.25. The van der Waals surface area contributed by atoms with E-state index in [0.717, 1.165) is 5.56 Å². The van der Waals surface area contributed by atoms with Gasteiger partial charge in [-0.05, 0) is 24.6 Å². The van der Waals surface area contributed by atoms with Gasteiger partial charge in [0.05, 0.1) is 18.6 Å². The van der Waals surface area contributed by atoms with Crippen LogP contribution in [0.3, 0.4) is 0 Å². The first-order valence-electron chi connectivity index (χ1n) is 7.85. The van der Waals surface area contributed by atoms with Gasteiger partial charge in [0.25, 0.3) is 5.91 Å². The topological polar surface area (TPSA) is 46.6 Å². The van der Waals surface area contributed by atoms with Gasteiger partial charge in [-0.3, -0.25) is 9.59 Å². The van der Waals surface area contributed by atoms with E-state index in [1.54, 1.807) is 13.0 Å². The molecule has 2 aromatic rings. The Bertz CT molecular complexity index is 688. The van der Waals surface area contributed by atoms with E-state index >= 15 is 0 Å². The Kier molecular flexibility index (Phi) is 6.49. The van der Waals surface area contributed by atoms with Crippen LogP contribution in [0.2, 0.25) is 0 Å². The maximum absolute atomic E-state index is 13.9. The van der Waals surface area contributed by atoms with Gasteiger partial charge in [-0.2, -0.15) is 0 Å². The average molecular weight is 329 g/mol. The second-order valence-corrected chi connectivity index (χ2v) is 5.25. The van der Waals surface area contributed by atoms with Crippen molar-refractivity contribution in [3.05, 3.63) is 71.5 Å². The standard InChI is InChI=1S/C19H20FNO3/c1-2-24-18(22)12-13-21(14-15-8-4-3-5-9-15)19(23)16-10-6-7-11-17(16)20/h3-11H,2,12-14H2,1H3. The van der Waals surface area contributed by atoms with Gasteiger partial charge in [0, 0.05) is 13.1 Å². The maximum atomic E-state index is 13.9. The van der Waals surface area contributed by atoms with E-state index in [0.29, 0.717) is 13.2 Å². The molecule has 0 saturated carbocycles. The highest BCUT2D eigenvalue weighted by Gasteiger charge is 2.20. The molecule has 0 aliphatic carbocycles. The third-order valence-electron chi connectivity index (χ3n) is 3.50. The highest BCUT2D eigenvalue weighted by atomic mass is 19.1. The third-order valence-corrected chi connectivity index (χ3v) is 3.50. The molecule has 0 bridgehead atoms. The number of hydrogen-bond acceptors (Lipinski definition) is 3. The molecule has 24 heavy (non-hydrogen) atoms. The Balaban J connectivity index is 2.16. The number of carbonyl (C=O) groups excluding carboxylic acids is 2. The van der Waals surface area contributed by atoms with Crippen molar-refractivity contribution in [2.45, 2.75) is 19.9 Å². The van der Waals surface area contributed by atoms with E-state index in [1.807, 2.05) is 30.3 Å². The van der Waals surface area contributed by atoms with Crippen LogP contribution in [0.1, 0.15) is 29.3 Å². The first-order valence-corrected chi connectivity index (χ1v) is 7.85. The Morgan fingerprint density at radius 3 is 2.38 bits per heavy atom. The van der Waals surface area contributed by atoms with Gasteiger partial charge in [-0.25, -0.2) is 4.39 Å². The van der Waals surface area contributed by atoms with Gasteiger partial charge in [0.15, 0.2) is 0 Å². The van der Waals surface area contributed by atoms with Crippen molar-refractivity contribution in [1.29, 1.82) is 0 Å². The largest absolute Gasteiger partial charge is 0.466 e. The van der Waals surface area contributed by atoms with Crippen LogP contribution in [0.25, 0.3) is 0 Å². The lowest BCUT2D eigenvalue weighted by Gasteiger charge is -2.23. The summed E-state index contributed by atoms with van der Waals surface area (Å²) in [4.78, 5) is 25.7. The van der Waals surface area contributed by atoms with Crippen LogP contribution in [-0.2, 0) is 16.1 Å². The maximum Gasteiger partial charge on any atom is 0.307 e. The Morgan fingerprint density at radius 2 is 1.71 bits per heavy atom. The molecule has 0 radical (unpaired) electrons. The van der Waals surface area contributed by atoms with Crippen LogP contribution in [0, 0.1) is 5.82 Å². The molecule has 0 heterocycles. The number of esters is 1. The first kappa shape index (κ1) is 17.7. The molecule has 0 aliphatic rings. The summed E-state index contributed by atoms with van der Waals surface area (Å²) < 4.78 is 18.8. The van der Waals surface area contributed by atoms with Crippen LogP contribution in [0.4, 0.5) is 4.39 Å². The zero-order valence-electron chi connectivity index (χ0n) is 13.6. The molecule has 4 nitrogen and oxygen atoms in total. The van der Waals surface area contributed by atoms with Crippen molar-refractivity contribution < 1.29 is 18.7 Å². The number of ether oxygens (including phenoxy) is 1. The van der Waals surface area contributed by atoms with Crippen LogP contribution in [0.5, 0.6) is 0 Å². The zero-order chi connectivity index (χ0) is 17.4. The smallest absolute Gasteiger partial charge is 0.307 e. The second kappa shape index (κ2) is 8.82. The number of carbonyl (C=O) groups is 2. The van der Waals surface area contributed by atoms with Crippen molar-refractivity contribution >= 4 is 11.9 Å². The van der Waals surface area contributed by atoms with Crippen molar-refractivity contribution in [1.82, 2.24) is 4.90 Å². The molecule has 0 aliphatic heterocycles. The van der Waals surface area contributed by atoms with E-state index in [2.05, 4.69) is 0 Å². The van der Waals surface area contributed by atoms with Crippen molar-refractivity contribution in [2.24, 2.45) is 0 Å². The van der Waals surface area contributed by atoms with Gasteiger partial charge < -0.3 is 9.64 Å². The van der Waals surface area contributed by atoms with E-state index in [1.165, 1.54) is 23.1 Å². The quantitative estimate of drug-likeness (QED) is 0.731. The summed E-state index contributed by atoms with van der Waals surface area (Å²) in [6.45, 7) is 2.48. The predicted molar refractivity (Wildman–Crippen MR) is 88.8 cm³/mol. The molecule has 5 heteroatoms. The fraction of sp³-hybridized carbons (Fsp3) is 0.263. The van der Waals surface area contributed by atoms with E-state index in [9.17, 15) is 14.0 Å². The number of halogens is 1. The minimum atomic E-state index is -0.573. The monoisotopic (exact) mass is 329 g/mol. The fourth-order valence-electron chi connectivity index (χ4n) is 2.32. The summed E-state index contributed by atoms with van der Waals surface area (Å²) in [6, 6.07) is 15.2. The average Bonchev–Trinajstić information content (AvgIpc) is 2.59. The summed E-state index contributed by atoms with van der Waals surface area (Å²) in [6.07, 6.45) is 0.0703. The lowest BCUT2D eigenvalue weighted by Crippen LogP contribution is -2.33. The highest BCUT2D eigenvalue weighted by Crippen LogP contribution is 2.14. The van der Waals surface area contributed by atoms with Crippen LogP contribution < -0.4 is 0 Å². The Morgan fingerprint density at radius 1 is 1.04 bits per heavy atom. The Labute approximate surface area is 140 Å². The van der Waals surface area contributed by atoms with Crippen molar-refractivity contribution in [3.8, 4) is 0 Å². The van der Waals surface area contributed by atoms with Gasteiger partial charge >= 0.3 is 5.97 Å². The molecule has 0 N–H and O–H groups in total. The SMILES string of the molecule is CCOC(=O)CCN(Cc1ccccc1)C(=O)c1ccccc1F. The molecule has 2 aromatic carbocycles. The molecule has 0 spiro atoms. The minimum absolute atomic E-state index is 0.00251. The minimum Gasteiger partial charge on any atom is -0.466 e. The number of hydrogen-bond donors (Lipinski definition) is 0.